The second kappa shape index (κ2) is 7.37. The van der Waals surface area contributed by atoms with E-state index in [9.17, 15) is 0 Å². The number of rotatable bonds is 7. The number of hydrogen-bond donors (Lipinski definition) is 1. The average molecular weight is 294 g/mol. The first-order valence-electron chi connectivity index (χ1n) is 6.31. The highest BCUT2D eigenvalue weighted by atomic mass is 32.2. The van der Waals surface area contributed by atoms with Crippen molar-refractivity contribution in [1.29, 1.82) is 0 Å². The van der Waals surface area contributed by atoms with Gasteiger partial charge in [-0.25, -0.2) is 15.0 Å². The Hall–Kier alpha value is -1.44. The van der Waals surface area contributed by atoms with Crippen LogP contribution in [0.4, 0.5) is 0 Å². The predicted octanol–water partition coefficient (Wildman–Crippen LogP) is 1.97. The molecule has 0 fully saturated rings. The third-order valence-electron chi connectivity index (χ3n) is 2.68. The van der Waals surface area contributed by atoms with Crippen LogP contribution in [0.1, 0.15) is 17.0 Å². The van der Waals surface area contributed by atoms with Gasteiger partial charge in [-0.2, -0.15) is 0 Å². The van der Waals surface area contributed by atoms with Gasteiger partial charge in [-0.1, -0.05) is 0 Å². The van der Waals surface area contributed by atoms with Crippen molar-refractivity contribution in [3.05, 3.63) is 29.4 Å². The normalized spacial score (nSPS) is 10.9. The lowest BCUT2D eigenvalue weighted by Gasteiger charge is -2.03. The first kappa shape index (κ1) is 15.0. The molecule has 0 radical (unpaired) electrons. The number of oxazole rings is 1. The van der Waals surface area contributed by atoms with Crippen LogP contribution in [0, 0.1) is 13.8 Å². The molecular weight excluding hydrogens is 276 g/mol. The van der Waals surface area contributed by atoms with Gasteiger partial charge < -0.3 is 14.5 Å². The Bertz CT molecular complexity index is 522. The molecule has 1 N–H and O–H groups in total. The minimum Gasteiger partial charge on any atom is -0.436 e. The van der Waals surface area contributed by atoms with Crippen LogP contribution < -0.4 is 5.32 Å². The SMILES string of the molecule is COCCNCc1cnc(Sc2nc(C)c(C)o2)nc1. The lowest BCUT2D eigenvalue weighted by Crippen LogP contribution is -2.18. The molecule has 0 aliphatic carbocycles. The third kappa shape index (κ3) is 4.29. The molecule has 20 heavy (non-hydrogen) atoms. The molecule has 2 rings (SSSR count). The highest BCUT2D eigenvalue weighted by Crippen LogP contribution is 2.25. The summed E-state index contributed by atoms with van der Waals surface area (Å²) < 4.78 is 10.4. The Kier molecular flexibility index (Phi) is 5.51. The lowest BCUT2D eigenvalue weighted by atomic mass is 10.3. The van der Waals surface area contributed by atoms with Crippen molar-refractivity contribution >= 4 is 11.8 Å². The van der Waals surface area contributed by atoms with Crippen molar-refractivity contribution in [3.63, 3.8) is 0 Å². The number of ether oxygens (including phenoxy) is 1. The Balaban J connectivity index is 1.88. The van der Waals surface area contributed by atoms with Crippen LogP contribution in [0.5, 0.6) is 0 Å². The van der Waals surface area contributed by atoms with Gasteiger partial charge in [0.1, 0.15) is 5.76 Å². The molecule has 0 aliphatic rings. The van der Waals surface area contributed by atoms with E-state index in [-0.39, 0.29) is 0 Å². The van der Waals surface area contributed by atoms with Crippen LogP contribution in [0.25, 0.3) is 0 Å². The number of aryl methyl sites for hydroxylation is 2. The Morgan fingerprint density at radius 2 is 2.05 bits per heavy atom. The summed E-state index contributed by atoms with van der Waals surface area (Å²) in [5.41, 5.74) is 1.93. The fourth-order valence-electron chi connectivity index (χ4n) is 1.46. The van der Waals surface area contributed by atoms with Crippen LogP contribution >= 0.6 is 11.8 Å². The molecule has 2 aromatic heterocycles. The minimum absolute atomic E-state index is 0.575. The Morgan fingerprint density at radius 3 is 2.65 bits per heavy atom. The fourth-order valence-corrected chi connectivity index (χ4v) is 2.18. The molecule has 0 unspecified atom stereocenters. The zero-order valence-electron chi connectivity index (χ0n) is 11.8. The smallest absolute Gasteiger partial charge is 0.264 e. The quantitative estimate of drug-likeness (QED) is 0.618. The van der Waals surface area contributed by atoms with Crippen LogP contribution in [0.3, 0.4) is 0 Å². The topological polar surface area (TPSA) is 73.1 Å². The first-order valence-corrected chi connectivity index (χ1v) is 7.13. The maximum atomic E-state index is 5.49. The standard InChI is InChI=1S/C13H18N4O2S/c1-9-10(2)19-13(17-9)20-12-15-7-11(8-16-12)6-14-4-5-18-3/h7-8,14H,4-6H2,1-3H3. The molecule has 0 saturated carbocycles. The molecule has 7 heteroatoms. The molecule has 0 spiro atoms. The lowest BCUT2D eigenvalue weighted by molar-refractivity contribution is 0.199. The largest absolute Gasteiger partial charge is 0.436 e. The third-order valence-corrected chi connectivity index (χ3v) is 3.42. The number of nitrogens with zero attached hydrogens (tertiary/aromatic N) is 3. The van der Waals surface area contributed by atoms with E-state index < -0.39 is 0 Å². The number of nitrogens with one attached hydrogen (secondary N) is 1. The molecule has 0 aliphatic heterocycles. The molecule has 6 nitrogen and oxygen atoms in total. The molecule has 0 amide bonds. The summed E-state index contributed by atoms with van der Waals surface area (Å²) >= 11 is 1.32. The molecule has 0 saturated heterocycles. The van der Waals surface area contributed by atoms with Gasteiger partial charge in [0.2, 0.25) is 0 Å². The molecule has 2 heterocycles. The van der Waals surface area contributed by atoms with Crippen molar-refractivity contribution in [3.8, 4) is 0 Å². The molecular formula is C13H18N4O2S. The average Bonchev–Trinajstić information content (AvgIpc) is 2.75. The van der Waals surface area contributed by atoms with E-state index in [1.54, 1.807) is 19.5 Å². The minimum atomic E-state index is 0.575. The van der Waals surface area contributed by atoms with Gasteiger partial charge in [0.05, 0.1) is 12.3 Å². The van der Waals surface area contributed by atoms with Gasteiger partial charge >= 0.3 is 0 Å². The van der Waals surface area contributed by atoms with Gasteiger partial charge in [-0.15, -0.1) is 0 Å². The molecule has 0 aromatic carbocycles. The molecule has 108 valence electrons. The van der Waals surface area contributed by atoms with Crippen LogP contribution in [0.15, 0.2) is 27.2 Å². The maximum absolute atomic E-state index is 5.49. The Morgan fingerprint density at radius 1 is 1.30 bits per heavy atom. The van der Waals surface area contributed by atoms with Crippen LogP contribution in [0.2, 0.25) is 0 Å². The fraction of sp³-hybridized carbons (Fsp3) is 0.462. The van der Waals surface area contributed by atoms with Crippen molar-refractivity contribution in [2.24, 2.45) is 0 Å². The zero-order valence-corrected chi connectivity index (χ0v) is 12.7. The second-order valence-corrected chi connectivity index (χ2v) is 5.19. The van der Waals surface area contributed by atoms with Crippen LogP contribution in [-0.4, -0.2) is 35.2 Å². The molecule has 0 atom stereocenters. The summed E-state index contributed by atoms with van der Waals surface area (Å²) in [5, 5.41) is 4.45. The van der Waals surface area contributed by atoms with Gasteiger partial charge in [0.25, 0.3) is 5.22 Å². The number of aromatic nitrogens is 3. The summed E-state index contributed by atoms with van der Waals surface area (Å²) in [7, 11) is 1.68. The highest BCUT2D eigenvalue weighted by molar-refractivity contribution is 7.98. The molecule has 2 aromatic rings. The summed E-state index contributed by atoms with van der Waals surface area (Å²) in [4.78, 5) is 12.9. The first-order chi connectivity index (χ1) is 9.69. The number of methoxy groups -OCH3 is 1. The highest BCUT2D eigenvalue weighted by Gasteiger charge is 2.09. The monoisotopic (exact) mass is 294 g/mol. The predicted molar refractivity (Wildman–Crippen MR) is 75.7 cm³/mol. The summed E-state index contributed by atoms with van der Waals surface area (Å²) in [6, 6.07) is 0. The van der Waals surface area contributed by atoms with E-state index in [1.165, 1.54) is 11.8 Å². The summed E-state index contributed by atoms with van der Waals surface area (Å²) in [6.45, 7) is 6.03. The van der Waals surface area contributed by atoms with Crippen molar-refractivity contribution in [2.75, 3.05) is 20.3 Å². The van der Waals surface area contributed by atoms with Crippen LogP contribution in [-0.2, 0) is 11.3 Å². The van der Waals surface area contributed by atoms with Crippen molar-refractivity contribution in [1.82, 2.24) is 20.3 Å². The van der Waals surface area contributed by atoms with Crippen molar-refractivity contribution in [2.45, 2.75) is 30.8 Å². The van der Waals surface area contributed by atoms with E-state index in [4.69, 9.17) is 9.15 Å². The molecule has 0 bridgehead atoms. The summed E-state index contributed by atoms with van der Waals surface area (Å²) in [5.74, 6) is 0.825. The van der Waals surface area contributed by atoms with Gasteiger partial charge in [0.15, 0.2) is 5.16 Å². The van der Waals surface area contributed by atoms with E-state index in [2.05, 4.69) is 20.3 Å². The van der Waals surface area contributed by atoms with E-state index >= 15 is 0 Å². The van der Waals surface area contributed by atoms with Crippen molar-refractivity contribution < 1.29 is 9.15 Å². The van der Waals surface area contributed by atoms with Gasteiger partial charge in [0, 0.05) is 49.9 Å². The van der Waals surface area contributed by atoms with E-state index in [1.807, 2.05) is 13.8 Å². The second-order valence-electron chi connectivity index (χ2n) is 4.27. The van der Waals surface area contributed by atoms with E-state index in [0.717, 1.165) is 30.1 Å². The van der Waals surface area contributed by atoms with Gasteiger partial charge in [-0.05, 0) is 13.8 Å². The summed E-state index contributed by atoms with van der Waals surface area (Å²) in [6.07, 6.45) is 3.61. The zero-order chi connectivity index (χ0) is 14.4. The van der Waals surface area contributed by atoms with Gasteiger partial charge in [-0.3, -0.25) is 0 Å². The number of hydrogen-bond acceptors (Lipinski definition) is 7. The van der Waals surface area contributed by atoms with E-state index in [0.29, 0.717) is 17.0 Å². The Labute approximate surface area is 122 Å². The maximum Gasteiger partial charge on any atom is 0.264 e.